The molecule has 84 valence electrons. The molecule has 2 rings (SSSR count). The average molecular weight is 227 g/mol. The second kappa shape index (κ2) is 4.94. The van der Waals surface area contributed by atoms with Crippen LogP contribution in [-0.4, -0.2) is 11.1 Å². The third kappa shape index (κ3) is 2.69. The summed E-state index contributed by atoms with van der Waals surface area (Å²) in [4.78, 5) is 11.6. The summed E-state index contributed by atoms with van der Waals surface area (Å²) in [6.07, 6.45) is 1.70. The maximum atomic E-state index is 11.6. The van der Waals surface area contributed by atoms with Crippen molar-refractivity contribution in [3.05, 3.63) is 47.9 Å². The molecule has 17 heavy (non-hydrogen) atoms. The highest BCUT2D eigenvalue weighted by Crippen LogP contribution is 2.11. The molecule has 0 atom stereocenters. The van der Waals surface area contributed by atoms with Gasteiger partial charge in [-0.15, -0.1) is 0 Å². The van der Waals surface area contributed by atoms with Crippen molar-refractivity contribution < 1.29 is 9.32 Å². The van der Waals surface area contributed by atoms with Crippen molar-refractivity contribution in [3.63, 3.8) is 0 Å². The van der Waals surface area contributed by atoms with Crippen molar-refractivity contribution in [2.24, 2.45) is 0 Å². The Kier molecular flexibility index (Phi) is 3.17. The zero-order chi connectivity index (χ0) is 12.1. The van der Waals surface area contributed by atoms with E-state index in [0.29, 0.717) is 12.1 Å². The normalized spacial score (nSPS) is 9.59. The van der Waals surface area contributed by atoms with E-state index in [2.05, 4.69) is 21.1 Å². The van der Waals surface area contributed by atoms with Crippen molar-refractivity contribution in [3.8, 4) is 6.07 Å². The van der Waals surface area contributed by atoms with Crippen LogP contribution >= 0.6 is 0 Å². The first-order valence-corrected chi connectivity index (χ1v) is 4.97. The minimum Gasteiger partial charge on any atom is -0.364 e. The molecule has 0 saturated carbocycles. The molecule has 5 heteroatoms. The van der Waals surface area contributed by atoms with E-state index in [1.807, 2.05) is 0 Å². The number of nitrogens with zero attached hydrogens (tertiary/aromatic N) is 2. The summed E-state index contributed by atoms with van der Waals surface area (Å²) in [6.45, 7) is 0. The Morgan fingerprint density at radius 1 is 1.35 bits per heavy atom. The lowest BCUT2D eigenvalue weighted by atomic mass is 10.1. The fraction of sp³-hybridized carbons (Fsp3) is 0.0833. The molecular formula is C12H9N3O2. The second-order valence-corrected chi connectivity index (χ2v) is 3.37. The van der Waals surface area contributed by atoms with Crippen molar-refractivity contribution in [1.29, 1.82) is 5.26 Å². The lowest BCUT2D eigenvalue weighted by Gasteiger charge is -2.03. The molecule has 1 N–H and O–H groups in total. The molecule has 0 bridgehead atoms. The van der Waals surface area contributed by atoms with E-state index in [1.165, 1.54) is 12.3 Å². The molecule has 1 amide bonds. The van der Waals surface area contributed by atoms with Crippen LogP contribution in [0.4, 0.5) is 5.69 Å². The second-order valence-electron chi connectivity index (χ2n) is 3.37. The molecule has 1 aromatic heterocycles. The first-order chi connectivity index (χ1) is 8.29. The Morgan fingerprint density at radius 3 is 2.71 bits per heavy atom. The highest BCUT2D eigenvalue weighted by molar-refractivity contribution is 6.02. The van der Waals surface area contributed by atoms with Gasteiger partial charge in [0.2, 0.25) is 0 Å². The van der Waals surface area contributed by atoms with Gasteiger partial charge in [0.15, 0.2) is 5.69 Å². The first-order valence-electron chi connectivity index (χ1n) is 4.97. The monoisotopic (exact) mass is 227 g/mol. The third-order valence-electron chi connectivity index (χ3n) is 2.17. The number of hydrogen-bond donors (Lipinski definition) is 1. The van der Waals surface area contributed by atoms with E-state index in [9.17, 15) is 4.79 Å². The van der Waals surface area contributed by atoms with E-state index < -0.39 is 0 Å². The van der Waals surface area contributed by atoms with Crippen molar-refractivity contribution in [2.45, 2.75) is 6.42 Å². The van der Waals surface area contributed by atoms with Crippen molar-refractivity contribution >= 4 is 11.6 Å². The summed E-state index contributed by atoms with van der Waals surface area (Å²) in [7, 11) is 0. The Morgan fingerprint density at radius 2 is 2.12 bits per heavy atom. The van der Waals surface area contributed by atoms with Crippen LogP contribution in [0.15, 0.2) is 41.1 Å². The quantitative estimate of drug-likeness (QED) is 0.869. The minimum atomic E-state index is -0.327. The minimum absolute atomic E-state index is 0.228. The summed E-state index contributed by atoms with van der Waals surface area (Å²) >= 11 is 0. The number of rotatable bonds is 3. The summed E-state index contributed by atoms with van der Waals surface area (Å²) in [5.41, 5.74) is 1.79. The Labute approximate surface area is 97.7 Å². The summed E-state index contributed by atoms with van der Waals surface area (Å²) in [6, 6.07) is 10.6. The van der Waals surface area contributed by atoms with E-state index in [4.69, 9.17) is 5.26 Å². The smallest absolute Gasteiger partial charge is 0.277 e. The SMILES string of the molecule is N#CCc1ccc(NC(=O)c2ccon2)cc1. The average Bonchev–Trinajstić information content (AvgIpc) is 2.86. The van der Waals surface area contributed by atoms with Crippen molar-refractivity contribution in [1.82, 2.24) is 5.16 Å². The molecule has 0 spiro atoms. The number of hydrogen-bond acceptors (Lipinski definition) is 4. The van der Waals surface area contributed by atoms with Gasteiger partial charge in [-0.2, -0.15) is 5.26 Å². The molecule has 2 aromatic rings. The fourth-order valence-corrected chi connectivity index (χ4v) is 1.32. The highest BCUT2D eigenvalue weighted by atomic mass is 16.5. The van der Waals surface area contributed by atoms with E-state index in [-0.39, 0.29) is 11.6 Å². The summed E-state index contributed by atoms with van der Waals surface area (Å²) < 4.78 is 4.58. The predicted octanol–water partition coefficient (Wildman–Crippen LogP) is 1.99. The van der Waals surface area contributed by atoms with Gasteiger partial charge in [0, 0.05) is 11.8 Å². The molecule has 0 aliphatic carbocycles. The van der Waals surface area contributed by atoms with Gasteiger partial charge in [-0.1, -0.05) is 17.3 Å². The molecule has 5 nitrogen and oxygen atoms in total. The molecule has 0 aliphatic heterocycles. The molecule has 1 aromatic carbocycles. The maximum Gasteiger partial charge on any atom is 0.277 e. The van der Waals surface area contributed by atoms with Gasteiger partial charge in [-0.05, 0) is 17.7 Å². The van der Waals surface area contributed by atoms with Crippen LogP contribution in [0, 0.1) is 11.3 Å². The number of carbonyl (C=O) groups excluding carboxylic acids is 1. The lowest BCUT2D eigenvalue weighted by molar-refractivity contribution is 0.101. The largest absolute Gasteiger partial charge is 0.364 e. The standard InChI is InChI=1S/C12H9N3O2/c13-7-5-9-1-3-10(4-2-9)14-12(16)11-6-8-17-15-11/h1-4,6,8H,5H2,(H,14,16). The number of amides is 1. The number of anilines is 1. The summed E-state index contributed by atoms with van der Waals surface area (Å²) in [5.74, 6) is -0.327. The molecule has 0 radical (unpaired) electrons. The van der Waals surface area contributed by atoms with Crippen LogP contribution in [-0.2, 0) is 6.42 Å². The van der Waals surface area contributed by atoms with Gasteiger partial charge in [0.25, 0.3) is 5.91 Å². The van der Waals surface area contributed by atoms with Crippen LogP contribution in [0.3, 0.4) is 0 Å². The topological polar surface area (TPSA) is 78.9 Å². The molecule has 0 unspecified atom stereocenters. The van der Waals surface area contributed by atoms with Crippen LogP contribution < -0.4 is 5.32 Å². The number of aromatic nitrogens is 1. The Bertz CT molecular complexity index is 538. The number of carbonyl (C=O) groups is 1. The number of benzene rings is 1. The van der Waals surface area contributed by atoms with Crippen LogP contribution in [0.5, 0.6) is 0 Å². The molecular weight excluding hydrogens is 218 g/mol. The fourth-order valence-electron chi connectivity index (χ4n) is 1.32. The van der Waals surface area contributed by atoms with Crippen LogP contribution in [0.1, 0.15) is 16.1 Å². The van der Waals surface area contributed by atoms with E-state index in [1.54, 1.807) is 24.3 Å². The van der Waals surface area contributed by atoms with Gasteiger partial charge in [0.05, 0.1) is 12.5 Å². The number of nitrogens with one attached hydrogen (secondary N) is 1. The zero-order valence-corrected chi connectivity index (χ0v) is 8.88. The summed E-state index contributed by atoms with van der Waals surface area (Å²) in [5, 5.41) is 14.7. The van der Waals surface area contributed by atoms with Crippen LogP contribution in [0.25, 0.3) is 0 Å². The van der Waals surface area contributed by atoms with Gasteiger partial charge in [-0.3, -0.25) is 4.79 Å². The molecule has 0 saturated heterocycles. The van der Waals surface area contributed by atoms with Crippen molar-refractivity contribution in [2.75, 3.05) is 5.32 Å². The van der Waals surface area contributed by atoms with Gasteiger partial charge in [-0.25, -0.2) is 0 Å². The first kappa shape index (κ1) is 10.9. The lowest BCUT2D eigenvalue weighted by Crippen LogP contribution is -2.11. The third-order valence-corrected chi connectivity index (χ3v) is 2.17. The molecule has 1 heterocycles. The zero-order valence-electron chi connectivity index (χ0n) is 8.88. The van der Waals surface area contributed by atoms with E-state index in [0.717, 1.165) is 5.56 Å². The number of nitriles is 1. The Balaban J connectivity index is 2.05. The van der Waals surface area contributed by atoms with E-state index >= 15 is 0 Å². The molecule has 0 fully saturated rings. The van der Waals surface area contributed by atoms with Gasteiger partial charge in [0.1, 0.15) is 6.26 Å². The van der Waals surface area contributed by atoms with Crippen LogP contribution in [0.2, 0.25) is 0 Å². The maximum absolute atomic E-state index is 11.6. The van der Waals surface area contributed by atoms with Gasteiger partial charge >= 0.3 is 0 Å². The van der Waals surface area contributed by atoms with Gasteiger partial charge < -0.3 is 9.84 Å². The predicted molar refractivity (Wildman–Crippen MR) is 60.2 cm³/mol. The highest BCUT2D eigenvalue weighted by Gasteiger charge is 2.08. The molecule has 0 aliphatic rings. The Hall–Kier alpha value is -2.61.